The number of ether oxygens (including phenoxy) is 3. The Hall–Kier alpha value is -3.28. The molecule has 0 amide bonds. The molecule has 1 aliphatic rings. The van der Waals surface area contributed by atoms with E-state index in [0.29, 0.717) is 17.1 Å². The molecule has 0 spiro atoms. The number of hydrogen-bond donors (Lipinski definition) is 0. The Kier molecular flexibility index (Phi) is 6.15. The summed E-state index contributed by atoms with van der Waals surface area (Å²) in [6.45, 7) is 3.86. The van der Waals surface area contributed by atoms with E-state index in [2.05, 4.69) is 19.9 Å². The van der Waals surface area contributed by atoms with Crippen molar-refractivity contribution in [2.24, 2.45) is 0 Å². The molecule has 0 aliphatic carbocycles. The van der Waals surface area contributed by atoms with Gasteiger partial charge in [-0.05, 0) is 17.7 Å². The van der Waals surface area contributed by atoms with Gasteiger partial charge in [0.15, 0.2) is 12.4 Å². The van der Waals surface area contributed by atoms with Crippen molar-refractivity contribution in [2.75, 3.05) is 32.8 Å². The third kappa shape index (κ3) is 4.17. The molecule has 0 aromatic heterocycles. The lowest BCUT2D eigenvalue weighted by Crippen LogP contribution is -2.25. The van der Waals surface area contributed by atoms with Crippen molar-refractivity contribution in [3.8, 4) is 11.5 Å². The molecule has 3 rings (SSSR count). The van der Waals surface area contributed by atoms with Crippen molar-refractivity contribution in [2.45, 2.75) is 25.7 Å². The molecule has 0 radical (unpaired) electrons. The molecule has 1 heterocycles. The van der Waals surface area contributed by atoms with Gasteiger partial charge in [0, 0.05) is 41.6 Å². The average Bonchev–Trinajstić information content (AvgIpc) is 2.93. The van der Waals surface area contributed by atoms with E-state index in [4.69, 9.17) is 14.2 Å². The Morgan fingerprint density at radius 1 is 1.07 bits per heavy atom. The number of fused-ring (bicyclic) bond motifs is 1. The number of methoxy groups -OCH3 is 2. The van der Waals surface area contributed by atoms with Crippen molar-refractivity contribution >= 4 is 17.4 Å². The number of esters is 1. The van der Waals surface area contributed by atoms with E-state index < -0.39 is 5.97 Å². The van der Waals surface area contributed by atoms with Crippen LogP contribution in [0.5, 0.6) is 11.5 Å². The first-order chi connectivity index (χ1) is 14.3. The van der Waals surface area contributed by atoms with E-state index in [1.54, 1.807) is 31.4 Å². The van der Waals surface area contributed by atoms with Crippen molar-refractivity contribution in [3.63, 3.8) is 0 Å². The zero-order valence-corrected chi connectivity index (χ0v) is 18.0. The molecule has 30 heavy (non-hydrogen) atoms. The third-order valence-corrected chi connectivity index (χ3v) is 5.44. The van der Waals surface area contributed by atoms with Crippen molar-refractivity contribution in [1.29, 1.82) is 0 Å². The quantitative estimate of drug-likeness (QED) is 0.514. The van der Waals surface area contributed by atoms with Gasteiger partial charge in [-0.15, -0.1) is 0 Å². The van der Waals surface area contributed by atoms with Gasteiger partial charge in [-0.2, -0.15) is 0 Å². The summed E-state index contributed by atoms with van der Waals surface area (Å²) in [7, 11) is 5.02. The number of ketones is 1. The van der Waals surface area contributed by atoms with Crippen LogP contribution in [-0.4, -0.2) is 39.6 Å². The van der Waals surface area contributed by atoms with Crippen LogP contribution in [0.15, 0.2) is 54.2 Å². The maximum Gasteiger partial charge on any atom is 0.310 e. The smallest absolute Gasteiger partial charge is 0.310 e. The van der Waals surface area contributed by atoms with Crippen LogP contribution in [0.1, 0.15) is 25.0 Å². The number of anilines is 1. The number of rotatable bonds is 7. The summed E-state index contributed by atoms with van der Waals surface area (Å²) in [6.07, 6.45) is 1.58. The van der Waals surface area contributed by atoms with Gasteiger partial charge in [0.1, 0.15) is 11.5 Å². The Morgan fingerprint density at radius 3 is 2.47 bits per heavy atom. The summed E-state index contributed by atoms with van der Waals surface area (Å²) in [5.41, 5.74) is 3.48. The summed E-state index contributed by atoms with van der Waals surface area (Å²) in [5, 5.41) is 0. The average molecular weight is 409 g/mol. The van der Waals surface area contributed by atoms with Crippen LogP contribution < -0.4 is 14.4 Å². The highest BCUT2D eigenvalue weighted by molar-refractivity contribution is 5.94. The van der Waals surface area contributed by atoms with E-state index in [9.17, 15) is 9.59 Å². The summed E-state index contributed by atoms with van der Waals surface area (Å²) in [6, 6.07) is 13.3. The number of nitrogens with zero attached hydrogens (tertiary/aromatic N) is 1. The van der Waals surface area contributed by atoms with Gasteiger partial charge in [-0.3, -0.25) is 9.59 Å². The number of likely N-dealkylation sites (N-methyl/N-ethyl adjacent to an activating group) is 1. The summed E-state index contributed by atoms with van der Waals surface area (Å²) in [5.74, 6) is 0.419. The highest BCUT2D eigenvalue weighted by atomic mass is 16.5. The number of para-hydroxylation sites is 1. The van der Waals surface area contributed by atoms with Gasteiger partial charge >= 0.3 is 5.97 Å². The Labute approximate surface area is 177 Å². The molecule has 0 saturated carbocycles. The minimum Gasteiger partial charge on any atom is -0.497 e. The van der Waals surface area contributed by atoms with Crippen LogP contribution in [0.3, 0.4) is 0 Å². The number of carbonyl (C=O) groups excluding carboxylic acids is 2. The molecule has 0 unspecified atom stereocenters. The molecular formula is C24H27NO5. The van der Waals surface area contributed by atoms with Crippen LogP contribution >= 0.6 is 0 Å². The van der Waals surface area contributed by atoms with Gasteiger partial charge in [0.25, 0.3) is 0 Å². The van der Waals surface area contributed by atoms with E-state index in [-0.39, 0.29) is 24.2 Å². The van der Waals surface area contributed by atoms with E-state index >= 15 is 0 Å². The Balaban J connectivity index is 1.64. The number of carbonyl (C=O) groups is 2. The predicted molar refractivity (Wildman–Crippen MR) is 115 cm³/mol. The molecule has 2 aromatic carbocycles. The van der Waals surface area contributed by atoms with Crippen LogP contribution in [0, 0.1) is 0 Å². The van der Waals surface area contributed by atoms with Crippen molar-refractivity contribution in [3.05, 3.63) is 65.4 Å². The van der Waals surface area contributed by atoms with Gasteiger partial charge in [0.05, 0.1) is 20.6 Å². The Morgan fingerprint density at radius 2 is 1.80 bits per heavy atom. The SMILES string of the molecule is COc1ccc(CC(=O)OCC(=O)/C=C2/N(C)c3ccccc3C2(C)C)c(OC)c1. The first-order valence-corrected chi connectivity index (χ1v) is 9.72. The molecule has 2 aromatic rings. The molecule has 1 aliphatic heterocycles. The summed E-state index contributed by atoms with van der Waals surface area (Å²) in [4.78, 5) is 26.8. The third-order valence-electron chi connectivity index (χ3n) is 5.44. The summed E-state index contributed by atoms with van der Waals surface area (Å²) >= 11 is 0. The molecular weight excluding hydrogens is 382 g/mol. The van der Waals surface area contributed by atoms with Crippen molar-refractivity contribution in [1.82, 2.24) is 0 Å². The van der Waals surface area contributed by atoms with E-state index in [0.717, 1.165) is 16.9 Å². The van der Waals surface area contributed by atoms with Crippen LogP contribution in [0.25, 0.3) is 0 Å². The van der Waals surface area contributed by atoms with Crippen LogP contribution in [0.4, 0.5) is 5.69 Å². The van der Waals surface area contributed by atoms with Crippen LogP contribution in [-0.2, 0) is 26.2 Å². The molecule has 158 valence electrons. The van der Waals surface area contributed by atoms with E-state index in [1.807, 2.05) is 30.1 Å². The molecule has 6 heteroatoms. The maximum atomic E-state index is 12.5. The predicted octanol–water partition coefficient (Wildman–Crippen LogP) is 3.67. The maximum absolute atomic E-state index is 12.5. The van der Waals surface area contributed by atoms with Crippen molar-refractivity contribution < 1.29 is 23.8 Å². The number of hydrogen-bond acceptors (Lipinski definition) is 6. The standard InChI is InChI=1S/C24H27NO5/c1-24(2)19-8-6-7-9-20(19)25(3)22(24)13-17(26)15-30-23(27)12-16-10-11-18(28-4)14-21(16)29-5/h6-11,13-14H,12,15H2,1-5H3/b22-13+. The molecule has 6 nitrogen and oxygen atoms in total. The number of benzene rings is 2. The molecule has 0 atom stereocenters. The highest BCUT2D eigenvalue weighted by Gasteiger charge is 2.38. The van der Waals surface area contributed by atoms with Gasteiger partial charge in [-0.25, -0.2) is 0 Å². The van der Waals surface area contributed by atoms with E-state index in [1.165, 1.54) is 7.11 Å². The lowest BCUT2D eigenvalue weighted by molar-refractivity contribution is -0.146. The molecule has 0 fully saturated rings. The molecule has 0 saturated heterocycles. The van der Waals surface area contributed by atoms with Gasteiger partial charge in [0.2, 0.25) is 0 Å². The largest absolute Gasteiger partial charge is 0.497 e. The fourth-order valence-electron chi connectivity index (χ4n) is 3.81. The first-order valence-electron chi connectivity index (χ1n) is 9.72. The topological polar surface area (TPSA) is 65.1 Å². The molecule has 0 N–H and O–H groups in total. The van der Waals surface area contributed by atoms with Gasteiger partial charge < -0.3 is 19.1 Å². The minimum absolute atomic E-state index is 0.00779. The van der Waals surface area contributed by atoms with Crippen LogP contribution in [0.2, 0.25) is 0 Å². The zero-order valence-electron chi connectivity index (χ0n) is 18.0. The second kappa shape index (κ2) is 8.61. The minimum atomic E-state index is -0.493. The summed E-state index contributed by atoms with van der Waals surface area (Å²) < 4.78 is 15.7. The zero-order chi connectivity index (χ0) is 21.9. The fourth-order valence-corrected chi connectivity index (χ4v) is 3.81. The highest BCUT2D eigenvalue weighted by Crippen LogP contribution is 2.46. The second-order valence-electron chi connectivity index (χ2n) is 7.71. The first kappa shape index (κ1) is 21.4. The van der Waals surface area contributed by atoms with Gasteiger partial charge in [-0.1, -0.05) is 38.1 Å². The lowest BCUT2D eigenvalue weighted by atomic mass is 9.83. The number of allylic oxidation sites excluding steroid dienone is 1. The normalized spacial score (nSPS) is 15.6. The lowest BCUT2D eigenvalue weighted by Gasteiger charge is -2.23. The fraction of sp³-hybridized carbons (Fsp3) is 0.333. The Bertz CT molecular complexity index is 993. The monoisotopic (exact) mass is 409 g/mol. The molecule has 0 bridgehead atoms. The second-order valence-corrected chi connectivity index (χ2v) is 7.71.